The van der Waals surface area contributed by atoms with Crippen molar-refractivity contribution in [3.8, 4) is 28.1 Å². The van der Waals surface area contributed by atoms with Crippen LogP contribution < -0.4 is 4.74 Å². The van der Waals surface area contributed by atoms with E-state index < -0.39 is 0 Å². The molecule has 0 saturated carbocycles. The zero-order valence-corrected chi connectivity index (χ0v) is 17.4. The van der Waals surface area contributed by atoms with Gasteiger partial charge in [-0.25, -0.2) is 4.98 Å². The molecule has 1 aromatic heterocycles. The molecule has 0 bridgehead atoms. The Labute approximate surface area is 178 Å². The minimum atomic E-state index is 0.862. The Bertz CT molecular complexity index is 1070. The molecular formula is C28H25NO. The maximum atomic E-state index is 5.28. The summed E-state index contributed by atoms with van der Waals surface area (Å²) in [6.07, 6.45) is 3.11. The average molecular weight is 392 g/mol. The van der Waals surface area contributed by atoms with Crippen molar-refractivity contribution < 1.29 is 4.74 Å². The van der Waals surface area contributed by atoms with Gasteiger partial charge in [0.15, 0.2) is 0 Å². The lowest BCUT2D eigenvalue weighted by Crippen LogP contribution is -1.94. The van der Waals surface area contributed by atoms with Gasteiger partial charge in [-0.15, -0.1) is 0 Å². The first-order chi connectivity index (χ1) is 14.8. The van der Waals surface area contributed by atoms with Crippen molar-refractivity contribution in [2.24, 2.45) is 0 Å². The number of ether oxygens (including phenoxy) is 1. The molecule has 0 aliphatic rings. The maximum absolute atomic E-state index is 5.28. The van der Waals surface area contributed by atoms with Crippen molar-refractivity contribution in [1.29, 1.82) is 0 Å². The van der Waals surface area contributed by atoms with Gasteiger partial charge in [0.05, 0.1) is 18.5 Å². The fraction of sp³-hybridized carbons (Fsp3) is 0.107. The molecule has 3 aromatic carbocycles. The summed E-state index contributed by atoms with van der Waals surface area (Å²) in [5.41, 5.74) is 7.83. The number of hydrogen-bond donors (Lipinski definition) is 0. The Balaban J connectivity index is 1.83. The first-order valence-electron chi connectivity index (χ1n) is 10.2. The number of pyridine rings is 1. The van der Waals surface area contributed by atoms with Crippen LogP contribution in [0.2, 0.25) is 0 Å². The summed E-state index contributed by atoms with van der Waals surface area (Å²) in [5.74, 6) is 0.862. The highest BCUT2D eigenvalue weighted by Crippen LogP contribution is 2.30. The SMILES string of the molecule is CCC(=Cc1ccc(OC)cc1)c1cc(-c2ccccc2)cc(-c2ccccc2)n1. The van der Waals surface area contributed by atoms with E-state index >= 15 is 0 Å². The van der Waals surface area contributed by atoms with Gasteiger partial charge in [-0.3, -0.25) is 0 Å². The molecule has 0 N–H and O–H groups in total. The highest BCUT2D eigenvalue weighted by Gasteiger charge is 2.10. The van der Waals surface area contributed by atoms with E-state index in [1.807, 2.05) is 24.3 Å². The van der Waals surface area contributed by atoms with Gasteiger partial charge in [0, 0.05) is 5.56 Å². The van der Waals surface area contributed by atoms with E-state index in [0.29, 0.717) is 0 Å². The highest BCUT2D eigenvalue weighted by molar-refractivity contribution is 5.83. The van der Waals surface area contributed by atoms with Crippen LogP contribution in [0.25, 0.3) is 34.0 Å². The third-order valence-corrected chi connectivity index (χ3v) is 5.17. The molecule has 4 aromatic rings. The van der Waals surface area contributed by atoms with Gasteiger partial charge >= 0.3 is 0 Å². The number of aromatic nitrogens is 1. The van der Waals surface area contributed by atoms with Crippen LogP contribution in [-0.4, -0.2) is 12.1 Å². The van der Waals surface area contributed by atoms with Crippen LogP contribution in [0, 0.1) is 0 Å². The van der Waals surface area contributed by atoms with Crippen LogP contribution in [0.15, 0.2) is 97.1 Å². The summed E-state index contributed by atoms with van der Waals surface area (Å²) < 4.78 is 5.28. The number of rotatable bonds is 6. The van der Waals surface area contributed by atoms with E-state index in [9.17, 15) is 0 Å². The number of nitrogens with zero attached hydrogens (tertiary/aromatic N) is 1. The third kappa shape index (κ3) is 4.49. The fourth-order valence-electron chi connectivity index (χ4n) is 3.51. The van der Waals surface area contributed by atoms with E-state index in [1.54, 1.807) is 7.11 Å². The molecule has 0 radical (unpaired) electrons. The second kappa shape index (κ2) is 9.23. The van der Waals surface area contributed by atoms with E-state index in [0.717, 1.165) is 34.7 Å². The fourth-order valence-corrected chi connectivity index (χ4v) is 3.51. The molecule has 0 atom stereocenters. The van der Waals surface area contributed by atoms with E-state index in [4.69, 9.17) is 9.72 Å². The molecule has 2 nitrogen and oxygen atoms in total. The Hall–Kier alpha value is -3.65. The van der Waals surface area contributed by atoms with E-state index in [2.05, 4.69) is 85.8 Å². The molecule has 0 fully saturated rings. The summed E-state index contributed by atoms with van der Waals surface area (Å²) in [7, 11) is 1.69. The van der Waals surface area contributed by atoms with Gasteiger partial charge < -0.3 is 4.74 Å². The molecular weight excluding hydrogens is 366 g/mol. The molecule has 1 heterocycles. The molecule has 0 unspecified atom stereocenters. The average Bonchev–Trinajstić information content (AvgIpc) is 2.83. The molecule has 148 valence electrons. The summed E-state index contributed by atoms with van der Waals surface area (Å²) in [5, 5.41) is 0. The molecule has 30 heavy (non-hydrogen) atoms. The summed E-state index contributed by atoms with van der Waals surface area (Å²) in [6, 6.07) is 33.4. The van der Waals surface area contributed by atoms with Gasteiger partial charge in [-0.2, -0.15) is 0 Å². The van der Waals surface area contributed by atoms with Crippen LogP contribution in [0.1, 0.15) is 24.6 Å². The first kappa shape index (κ1) is 19.7. The van der Waals surface area contributed by atoms with Crippen molar-refractivity contribution in [3.63, 3.8) is 0 Å². The molecule has 4 rings (SSSR count). The zero-order valence-electron chi connectivity index (χ0n) is 17.4. The molecule has 0 spiro atoms. The maximum Gasteiger partial charge on any atom is 0.118 e. The molecule has 0 saturated heterocycles. The van der Waals surface area contributed by atoms with Crippen LogP contribution >= 0.6 is 0 Å². The van der Waals surface area contributed by atoms with Crippen molar-refractivity contribution in [1.82, 2.24) is 4.98 Å². The Morgan fingerprint density at radius 2 is 1.40 bits per heavy atom. The topological polar surface area (TPSA) is 22.1 Å². The lowest BCUT2D eigenvalue weighted by Gasteiger charge is -2.12. The van der Waals surface area contributed by atoms with Crippen molar-refractivity contribution >= 4 is 11.6 Å². The third-order valence-electron chi connectivity index (χ3n) is 5.17. The minimum Gasteiger partial charge on any atom is -0.497 e. The number of allylic oxidation sites excluding steroid dienone is 1. The normalized spacial score (nSPS) is 11.3. The van der Waals surface area contributed by atoms with Gasteiger partial charge in [0.25, 0.3) is 0 Å². The summed E-state index contributed by atoms with van der Waals surface area (Å²) in [4.78, 5) is 5.04. The van der Waals surface area contributed by atoms with Crippen LogP contribution in [0.3, 0.4) is 0 Å². The van der Waals surface area contributed by atoms with Crippen LogP contribution in [-0.2, 0) is 0 Å². The standard InChI is InChI=1S/C28H25NO/c1-3-22(18-21-14-16-26(30-2)17-15-21)27-19-25(23-10-6-4-7-11-23)20-28(29-27)24-12-8-5-9-13-24/h4-20H,3H2,1-2H3. The first-order valence-corrected chi connectivity index (χ1v) is 10.2. The van der Waals surface area contributed by atoms with Gasteiger partial charge in [0.1, 0.15) is 5.75 Å². The minimum absolute atomic E-state index is 0.862. The highest BCUT2D eigenvalue weighted by atomic mass is 16.5. The Kier molecular flexibility index (Phi) is 6.05. The van der Waals surface area contributed by atoms with Gasteiger partial charge in [0.2, 0.25) is 0 Å². The number of methoxy groups -OCH3 is 1. The van der Waals surface area contributed by atoms with E-state index in [1.165, 1.54) is 16.7 Å². The van der Waals surface area contributed by atoms with Crippen molar-refractivity contribution in [3.05, 3.63) is 108 Å². The summed E-state index contributed by atoms with van der Waals surface area (Å²) in [6.45, 7) is 2.18. The van der Waals surface area contributed by atoms with Gasteiger partial charge in [-0.1, -0.05) is 79.7 Å². The molecule has 2 heteroatoms. The zero-order chi connectivity index (χ0) is 20.8. The van der Waals surface area contributed by atoms with Crippen molar-refractivity contribution in [2.45, 2.75) is 13.3 Å². The monoisotopic (exact) mass is 391 g/mol. The molecule has 0 aliphatic carbocycles. The van der Waals surface area contributed by atoms with Gasteiger partial charge in [-0.05, 0) is 59.0 Å². The van der Waals surface area contributed by atoms with Crippen LogP contribution in [0.5, 0.6) is 5.75 Å². The predicted molar refractivity (Wildman–Crippen MR) is 126 cm³/mol. The summed E-state index contributed by atoms with van der Waals surface area (Å²) >= 11 is 0. The predicted octanol–water partition coefficient (Wildman–Crippen LogP) is 7.37. The second-order valence-electron chi connectivity index (χ2n) is 7.15. The quantitative estimate of drug-likeness (QED) is 0.342. The molecule has 0 aliphatic heterocycles. The van der Waals surface area contributed by atoms with E-state index in [-0.39, 0.29) is 0 Å². The smallest absolute Gasteiger partial charge is 0.118 e. The lowest BCUT2D eigenvalue weighted by molar-refractivity contribution is 0.415. The Morgan fingerprint density at radius 1 is 0.767 bits per heavy atom. The number of hydrogen-bond acceptors (Lipinski definition) is 2. The van der Waals surface area contributed by atoms with Crippen molar-refractivity contribution in [2.75, 3.05) is 7.11 Å². The molecule has 0 amide bonds. The lowest BCUT2D eigenvalue weighted by atomic mass is 9.98. The second-order valence-corrected chi connectivity index (χ2v) is 7.15. The number of benzene rings is 3. The van der Waals surface area contributed by atoms with Crippen LogP contribution in [0.4, 0.5) is 0 Å². The largest absolute Gasteiger partial charge is 0.497 e. The Morgan fingerprint density at radius 3 is 2.00 bits per heavy atom.